The first-order valence-corrected chi connectivity index (χ1v) is 11.9. The van der Waals surface area contributed by atoms with Gasteiger partial charge in [-0.2, -0.15) is 0 Å². The third kappa shape index (κ3) is 3.90. The first-order valence-electron chi connectivity index (χ1n) is 11.9. The summed E-state index contributed by atoms with van der Waals surface area (Å²) >= 11 is 0. The molecule has 2 saturated heterocycles. The standard InChI is InChI=1S/C31H28O2/c1-3-7-25(8-4-1)27-13-11-24(12-14-27)23-30-19-20-31(33-30,32-22-21-30)29-17-15-28(16-18-29)26-9-5-2-6-10-26/h1-18H,19-23H2/t30-,31-/m0/s1. The molecule has 4 aromatic rings. The summed E-state index contributed by atoms with van der Waals surface area (Å²) < 4.78 is 13.1. The maximum atomic E-state index is 6.80. The van der Waals surface area contributed by atoms with Gasteiger partial charge in [-0.3, -0.25) is 0 Å². The Labute approximate surface area is 195 Å². The predicted octanol–water partition coefficient (Wildman–Crippen LogP) is 7.39. The van der Waals surface area contributed by atoms with Crippen LogP contribution in [0.4, 0.5) is 0 Å². The molecule has 2 bridgehead atoms. The first-order chi connectivity index (χ1) is 16.2. The molecule has 0 saturated carbocycles. The highest BCUT2D eigenvalue weighted by atomic mass is 16.7. The molecule has 0 spiro atoms. The molecule has 4 aromatic carbocycles. The Morgan fingerprint density at radius 2 is 1.09 bits per heavy atom. The van der Waals surface area contributed by atoms with Gasteiger partial charge in [0.15, 0.2) is 5.79 Å². The lowest BCUT2D eigenvalue weighted by Crippen LogP contribution is -2.43. The van der Waals surface area contributed by atoms with E-state index in [2.05, 4.69) is 103 Å². The van der Waals surface area contributed by atoms with Crippen LogP contribution >= 0.6 is 0 Å². The van der Waals surface area contributed by atoms with Crippen molar-refractivity contribution in [1.82, 2.24) is 0 Å². The van der Waals surface area contributed by atoms with Crippen molar-refractivity contribution in [2.75, 3.05) is 6.61 Å². The van der Waals surface area contributed by atoms with Gasteiger partial charge in [0.05, 0.1) is 12.2 Å². The van der Waals surface area contributed by atoms with E-state index in [0.29, 0.717) is 0 Å². The van der Waals surface area contributed by atoms with Gasteiger partial charge in [-0.15, -0.1) is 0 Å². The zero-order valence-electron chi connectivity index (χ0n) is 18.7. The normalized spacial score (nSPS) is 24.0. The smallest absolute Gasteiger partial charge is 0.195 e. The predicted molar refractivity (Wildman–Crippen MR) is 133 cm³/mol. The molecule has 2 heterocycles. The van der Waals surface area contributed by atoms with Crippen LogP contribution in [0.1, 0.15) is 30.4 Å². The number of rotatable bonds is 5. The first kappa shape index (κ1) is 20.4. The summed E-state index contributed by atoms with van der Waals surface area (Å²) in [5, 5.41) is 0. The van der Waals surface area contributed by atoms with E-state index in [-0.39, 0.29) is 5.60 Å². The summed E-state index contributed by atoms with van der Waals surface area (Å²) in [6, 6.07) is 38.7. The van der Waals surface area contributed by atoms with Crippen LogP contribution in [0.15, 0.2) is 109 Å². The minimum atomic E-state index is -0.614. The van der Waals surface area contributed by atoms with Crippen molar-refractivity contribution in [2.24, 2.45) is 0 Å². The van der Waals surface area contributed by atoms with Crippen LogP contribution < -0.4 is 0 Å². The summed E-state index contributed by atoms with van der Waals surface area (Å²) in [6.45, 7) is 0.739. The van der Waals surface area contributed by atoms with Gasteiger partial charge in [0, 0.05) is 24.8 Å². The highest BCUT2D eigenvalue weighted by Crippen LogP contribution is 2.51. The Bertz CT molecular complexity index is 1220. The molecule has 164 valence electrons. The lowest BCUT2D eigenvalue weighted by molar-refractivity contribution is -0.298. The second-order valence-electron chi connectivity index (χ2n) is 9.32. The number of fused-ring (bicyclic) bond motifs is 2. The van der Waals surface area contributed by atoms with Gasteiger partial charge in [0.2, 0.25) is 0 Å². The van der Waals surface area contributed by atoms with Crippen LogP contribution in [0.5, 0.6) is 0 Å². The molecule has 0 aliphatic carbocycles. The van der Waals surface area contributed by atoms with Crippen LogP contribution in [0.3, 0.4) is 0 Å². The molecular weight excluding hydrogens is 404 g/mol. The largest absolute Gasteiger partial charge is 0.346 e. The highest BCUT2D eigenvalue weighted by molar-refractivity contribution is 5.64. The molecule has 2 aliphatic rings. The van der Waals surface area contributed by atoms with Crippen LogP contribution in [0, 0.1) is 0 Å². The molecule has 0 unspecified atom stereocenters. The van der Waals surface area contributed by atoms with Crippen molar-refractivity contribution in [3.63, 3.8) is 0 Å². The summed E-state index contributed by atoms with van der Waals surface area (Å²) in [7, 11) is 0. The molecule has 2 atom stereocenters. The van der Waals surface area contributed by atoms with Crippen LogP contribution in [0.2, 0.25) is 0 Å². The molecular formula is C31H28O2. The maximum Gasteiger partial charge on any atom is 0.195 e. The molecule has 0 N–H and O–H groups in total. The van der Waals surface area contributed by atoms with E-state index in [1.54, 1.807) is 0 Å². The van der Waals surface area contributed by atoms with Crippen molar-refractivity contribution in [1.29, 1.82) is 0 Å². The van der Waals surface area contributed by atoms with Crippen molar-refractivity contribution >= 4 is 0 Å². The van der Waals surface area contributed by atoms with Gasteiger partial charge in [0.1, 0.15) is 0 Å². The van der Waals surface area contributed by atoms with E-state index >= 15 is 0 Å². The number of benzene rings is 4. The quantitative estimate of drug-likeness (QED) is 0.327. The lowest BCUT2D eigenvalue weighted by atomic mass is 9.88. The van der Waals surface area contributed by atoms with E-state index in [4.69, 9.17) is 9.47 Å². The van der Waals surface area contributed by atoms with E-state index in [9.17, 15) is 0 Å². The van der Waals surface area contributed by atoms with Crippen molar-refractivity contribution < 1.29 is 9.47 Å². The van der Waals surface area contributed by atoms with Crippen molar-refractivity contribution in [3.8, 4) is 22.3 Å². The van der Waals surface area contributed by atoms with Gasteiger partial charge >= 0.3 is 0 Å². The SMILES string of the molecule is c1ccc(-c2ccc(C[C@@]34CCO[C@@](c5ccc(-c6ccccc6)cc5)(CC3)O4)cc2)cc1. The fourth-order valence-electron chi connectivity index (χ4n) is 5.39. The topological polar surface area (TPSA) is 18.5 Å². The zero-order valence-corrected chi connectivity index (χ0v) is 18.7. The monoisotopic (exact) mass is 432 g/mol. The molecule has 2 fully saturated rings. The fraction of sp³-hybridized carbons (Fsp3) is 0.226. The summed E-state index contributed by atoms with van der Waals surface area (Å²) in [4.78, 5) is 0. The fourth-order valence-corrected chi connectivity index (χ4v) is 5.39. The summed E-state index contributed by atoms with van der Waals surface area (Å²) in [5.41, 5.74) is 7.26. The molecule has 33 heavy (non-hydrogen) atoms. The minimum absolute atomic E-state index is 0.148. The molecule has 2 nitrogen and oxygen atoms in total. The van der Waals surface area contributed by atoms with Crippen molar-refractivity contribution in [3.05, 3.63) is 120 Å². The number of hydrogen-bond donors (Lipinski definition) is 0. The van der Waals surface area contributed by atoms with Crippen LogP contribution in [-0.2, 0) is 21.7 Å². The zero-order chi connectivity index (χ0) is 22.1. The Hall–Kier alpha value is -3.20. The van der Waals surface area contributed by atoms with Gasteiger partial charge < -0.3 is 9.47 Å². The third-order valence-corrected chi connectivity index (χ3v) is 7.20. The Kier molecular flexibility index (Phi) is 5.13. The van der Waals surface area contributed by atoms with Gasteiger partial charge in [-0.25, -0.2) is 0 Å². The minimum Gasteiger partial charge on any atom is -0.346 e. The molecule has 6 rings (SSSR count). The van der Waals surface area contributed by atoms with Crippen molar-refractivity contribution in [2.45, 2.75) is 37.1 Å². The third-order valence-electron chi connectivity index (χ3n) is 7.20. The van der Waals surface area contributed by atoms with E-state index in [1.165, 1.54) is 27.8 Å². The maximum absolute atomic E-state index is 6.80. The van der Waals surface area contributed by atoms with E-state index in [1.807, 2.05) is 6.07 Å². The Morgan fingerprint density at radius 3 is 1.70 bits per heavy atom. The summed E-state index contributed by atoms with van der Waals surface area (Å²) in [5.74, 6) is -0.614. The van der Waals surface area contributed by atoms with Gasteiger partial charge in [-0.1, -0.05) is 109 Å². The lowest BCUT2D eigenvalue weighted by Gasteiger charge is -2.40. The number of hydrogen-bond acceptors (Lipinski definition) is 2. The second kappa shape index (κ2) is 8.30. The number of ether oxygens (including phenoxy) is 2. The van der Waals surface area contributed by atoms with Crippen LogP contribution in [0.25, 0.3) is 22.3 Å². The highest BCUT2D eigenvalue weighted by Gasteiger charge is 2.54. The Balaban J connectivity index is 1.21. The van der Waals surface area contributed by atoms with Gasteiger partial charge in [-0.05, 0) is 34.2 Å². The second-order valence-corrected chi connectivity index (χ2v) is 9.32. The molecule has 2 aliphatic heterocycles. The molecule has 0 radical (unpaired) electrons. The average Bonchev–Trinajstić information content (AvgIpc) is 3.16. The summed E-state index contributed by atoms with van der Waals surface area (Å²) in [6.07, 6.45) is 3.79. The average molecular weight is 433 g/mol. The van der Waals surface area contributed by atoms with Gasteiger partial charge in [0.25, 0.3) is 0 Å². The molecule has 2 heteroatoms. The Morgan fingerprint density at radius 1 is 0.545 bits per heavy atom. The molecule has 0 amide bonds. The molecule has 0 aromatic heterocycles. The van der Waals surface area contributed by atoms with Crippen LogP contribution in [-0.4, -0.2) is 12.2 Å². The van der Waals surface area contributed by atoms with E-state index in [0.717, 1.165) is 37.9 Å². The van der Waals surface area contributed by atoms with E-state index < -0.39 is 5.79 Å².